The smallest absolute Gasteiger partial charge is 0.327 e. The number of amides is 14. The summed E-state index contributed by atoms with van der Waals surface area (Å²) in [7, 11) is 0. The number of nitrogens with two attached hydrogens (primary N) is 1. The van der Waals surface area contributed by atoms with Gasteiger partial charge in [-0.15, -0.1) is 0 Å². The zero-order chi connectivity index (χ0) is 65.5. The molecule has 0 spiro atoms. The normalized spacial score (nSPS) is 28.3. The average Bonchev–Trinajstić information content (AvgIpc) is 1.41. The van der Waals surface area contributed by atoms with Crippen LogP contribution in [0.1, 0.15) is 57.8 Å². The molecule has 0 radical (unpaired) electrons. The van der Waals surface area contributed by atoms with Gasteiger partial charge in [-0.05, 0) is 38.5 Å². The molecule has 2 unspecified atom stereocenters. The summed E-state index contributed by atoms with van der Waals surface area (Å²) in [6.07, 6.45) is 2.89. The molecular weight excluding hydrogens is 1240 g/mol. The van der Waals surface area contributed by atoms with E-state index in [9.17, 15) is 82.1 Å². The molecule has 90 heavy (non-hydrogen) atoms. The van der Waals surface area contributed by atoms with Gasteiger partial charge in [0, 0.05) is 111 Å². The van der Waals surface area contributed by atoms with Gasteiger partial charge < -0.3 is 89.1 Å². The van der Waals surface area contributed by atoms with Crippen molar-refractivity contribution in [3.63, 3.8) is 0 Å². The number of carboxylic acid groups (broad SMARTS) is 1. The number of carboxylic acids is 1. The third kappa shape index (κ3) is 27.2. The van der Waals surface area contributed by atoms with Gasteiger partial charge in [-0.1, -0.05) is 0 Å². The van der Waals surface area contributed by atoms with Crippen LogP contribution >= 0.6 is 35.3 Å². The molecule has 16 N–H and O–H groups in total. The predicted octanol–water partition coefficient (Wildman–Crippen LogP) is -9.01. The van der Waals surface area contributed by atoms with E-state index in [1.165, 1.54) is 35.3 Å². The summed E-state index contributed by atoms with van der Waals surface area (Å²) in [5.74, 6) is -9.31. The number of carbonyl (C=O) groups excluding carboxylic acids is 14. The number of carbonyl (C=O) groups is 15. The number of nitrogens with one attached hydrogen (secondary N) is 12. The molecule has 0 aromatic rings. The van der Waals surface area contributed by atoms with E-state index in [4.69, 9.17) is 5.73 Å². The first-order valence-electron chi connectivity index (χ1n) is 29.8. The van der Waals surface area contributed by atoms with Crippen LogP contribution in [0.3, 0.4) is 0 Å². The monoisotopic (exact) mass is 1330 g/mol. The highest BCUT2D eigenvalue weighted by molar-refractivity contribution is 7.99. The Hall–Kier alpha value is -7.06. The van der Waals surface area contributed by atoms with E-state index in [0.29, 0.717) is 83.5 Å². The summed E-state index contributed by atoms with van der Waals surface area (Å²) in [4.78, 5) is 200. The van der Waals surface area contributed by atoms with Crippen LogP contribution in [0.4, 0.5) is 0 Å². The van der Waals surface area contributed by atoms with Gasteiger partial charge in [-0.25, -0.2) is 4.79 Å². The lowest BCUT2D eigenvalue weighted by molar-refractivity contribution is -0.141. The molecule has 9 rings (SSSR count). The number of rotatable bonds is 1. The Labute approximate surface area is 532 Å². The van der Waals surface area contributed by atoms with Crippen molar-refractivity contribution >= 4 is 124 Å². The first kappa shape index (κ1) is 73.7. The number of aliphatic hydroxyl groups excluding tert-OH is 1. The number of hydrogen-bond acceptors (Lipinski definition) is 22. The minimum atomic E-state index is -1.51. The van der Waals surface area contributed by atoms with Gasteiger partial charge in [0.2, 0.25) is 82.7 Å². The van der Waals surface area contributed by atoms with E-state index in [-0.39, 0.29) is 83.9 Å². The molecule has 9 aliphatic heterocycles. The summed E-state index contributed by atoms with van der Waals surface area (Å²) in [6.45, 7) is -2.94. The van der Waals surface area contributed by atoms with Crippen LogP contribution in [-0.2, 0) is 71.9 Å². The van der Waals surface area contributed by atoms with E-state index in [1.807, 2.05) is 4.90 Å². The maximum atomic E-state index is 13.8. The fraction of sp³-hybridized carbons (Fsp3) is 0.717. The molecule has 34 nitrogen and oxygen atoms in total. The third-order valence-corrected chi connectivity index (χ3v) is 18.3. The predicted molar refractivity (Wildman–Crippen MR) is 327 cm³/mol. The van der Waals surface area contributed by atoms with Crippen LogP contribution in [0.15, 0.2) is 0 Å². The van der Waals surface area contributed by atoms with Crippen molar-refractivity contribution in [3.8, 4) is 0 Å². The second kappa shape index (κ2) is 39.3. The van der Waals surface area contributed by atoms with Crippen molar-refractivity contribution in [2.24, 2.45) is 5.73 Å². The molecule has 14 amide bonds. The van der Waals surface area contributed by atoms with Crippen LogP contribution in [0, 0.1) is 0 Å². The molecule has 0 saturated carbocycles. The van der Waals surface area contributed by atoms with Crippen LogP contribution in [0.5, 0.6) is 0 Å². The second-order valence-corrected chi connectivity index (χ2v) is 25.2. The molecule has 0 aromatic heterocycles. The number of hydrogen-bond donors (Lipinski definition) is 15. The first-order chi connectivity index (χ1) is 43.0. The number of aliphatic carboxylic acids is 1. The van der Waals surface area contributed by atoms with Crippen molar-refractivity contribution in [2.45, 2.75) is 100 Å². The van der Waals surface area contributed by atoms with Gasteiger partial charge >= 0.3 is 5.97 Å². The fourth-order valence-electron chi connectivity index (χ4n) is 10.2. The molecule has 0 aliphatic carbocycles. The Morgan fingerprint density at radius 1 is 0.411 bits per heavy atom. The van der Waals surface area contributed by atoms with Crippen LogP contribution in [0.2, 0.25) is 0 Å². The largest absolute Gasteiger partial charge is 0.480 e. The molecule has 9 saturated heterocycles. The van der Waals surface area contributed by atoms with Crippen molar-refractivity contribution in [1.82, 2.24) is 83.4 Å². The van der Waals surface area contributed by atoms with Crippen molar-refractivity contribution < 1.29 is 82.1 Å². The van der Waals surface area contributed by atoms with Gasteiger partial charge in [0.05, 0.1) is 71.5 Å². The van der Waals surface area contributed by atoms with E-state index < -0.39 is 161 Å². The molecule has 9 aliphatic rings. The Morgan fingerprint density at radius 2 is 0.744 bits per heavy atom. The molecule has 8 bridgehead atoms. The molecule has 502 valence electrons. The summed E-state index contributed by atoms with van der Waals surface area (Å²) >= 11 is 3.66. The zero-order valence-corrected chi connectivity index (χ0v) is 52.5. The Kier molecular flexibility index (Phi) is 32.1. The highest BCUT2D eigenvalue weighted by Gasteiger charge is 2.39. The number of fused-ring (bicyclic) bond motifs is 2. The maximum Gasteiger partial charge on any atom is 0.327 e. The Morgan fingerprint density at radius 3 is 1.14 bits per heavy atom. The average molecular weight is 1330 g/mol. The Balaban J connectivity index is 1.30. The minimum absolute atomic E-state index is 0.0492. The summed E-state index contributed by atoms with van der Waals surface area (Å²) < 4.78 is 0. The summed E-state index contributed by atoms with van der Waals surface area (Å²) in [5.41, 5.74) is 6.07. The molecule has 9 fully saturated rings. The van der Waals surface area contributed by atoms with Crippen molar-refractivity contribution in [1.29, 1.82) is 0 Å². The van der Waals surface area contributed by atoms with Gasteiger partial charge in [-0.3, -0.25) is 77.3 Å². The van der Waals surface area contributed by atoms with Gasteiger partial charge in [0.25, 0.3) is 0 Å². The number of thioether (sulfide) groups is 3. The van der Waals surface area contributed by atoms with E-state index in [0.717, 1.165) is 0 Å². The standard InChI is InChI=1S/C53H85N17O17S3/c54-35-29-88-16-7-48(81)67-10-1-32(2-11-67)70-33-3-12-68(13-4-33)49(82)8-17-89-30-36(65-46(79)27-61-42(75)23-57-38(71)19-55-40(73)21-59-44(77)25-63-51(35)84)52(85)64-26-45(78)60-22-41(74)56-20-39(72)58-24-43(76)62-28-47(80)66-37(53(86)87)31-90-18-9-50(83)69-14-5-34(70)6-15-69/h32-37,42,61,75H,1-31,54H2,(H,55,73)(H,56,74)(H,57,71)(H,58,72)(H,59,77)(H,60,78)(H,62,76)(H,63,84)(H,64,85)(H,65,79)(H,66,80)(H,86,87)/t35-,36-,37-,42?/m0/s1. The second-order valence-electron chi connectivity index (χ2n) is 21.7. The van der Waals surface area contributed by atoms with E-state index in [1.54, 1.807) is 9.80 Å². The van der Waals surface area contributed by atoms with Gasteiger partial charge in [0.1, 0.15) is 18.3 Å². The minimum Gasteiger partial charge on any atom is -0.480 e. The first-order valence-corrected chi connectivity index (χ1v) is 33.3. The van der Waals surface area contributed by atoms with Crippen molar-refractivity contribution in [3.05, 3.63) is 0 Å². The highest BCUT2D eigenvalue weighted by atomic mass is 32.2. The Bertz CT molecular complexity index is 2550. The van der Waals surface area contributed by atoms with E-state index >= 15 is 0 Å². The summed E-state index contributed by atoms with van der Waals surface area (Å²) in [5, 5.41) is 48.4. The molecule has 37 heteroatoms. The maximum absolute atomic E-state index is 13.8. The molecule has 9 heterocycles. The number of nitrogens with zero attached hydrogens (tertiary/aromatic N) is 4. The molecule has 0 aromatic carbocycles. The quantitative estimate of drug-likeness (QED) is 0.116. The topological polar surface area (TPSA) is 480 Å². The zero-order valence-electron chi connectivity index (χ0n) is 50.1. The fourth-order valence-corrected chi connectivity index (χ4v) is 13.0. The SMILES string of the molecule is N[C@H]1CSCCC(=O)N2CCC(CC2)N2C3CCN(CC3)C(=O)CCSC[C@@H](C(=O)O)NC(=O)CNC(=O)CNC(=O)CNC(=O)CNC(=O)CNC(=O)[C@H](CSCCC(=O)N3CCC2CC3)NC(=O)CNC(O)CNC(=O)CNC(=O)CNC(=O)CNC1=O. The molecular formula is C53H85N17O17S3. The third-order valence-electron chi connectivity index (χ3n) is 15.1. The number of aliphatic hydroxyl groups is 1. The van der Waals surface area contributed by atoms with Crippen LogP contribution in [-0.4, -0.2) is 300 Å². The highest BCUT2D eigenvalue weighted by Crippen LogP contribution is 2.32. The van der Waals surface area contributed by atoms with Gasteiger partial charge in [-0.2, -0.15) is 35.3 Å². The van der Waals surface area contributed by atoms with E-state index in [2.05, 4.69) is 68.7 Å². The summed E-state index contributed by atoms with van der Waals surface area (Å²) in [6, 6.07) is -3.42. The lowest BCUT2D eigenvalue weighted by Gasteiger charge is -2.50. The van der Waals surface area contributed by atoms with Crippen molar-refractivity contribution in [2.75, 3.05) is 139 Å². The molecule has 5 atom stereocenters. The van der Waals surface area contributed by atoms with Gasteiger partial charge in [0.15, 0.2) is 0 Å². The number of piperidine rings is 3. The lowest BCUT2D eigenvalue weighted by Crippen LogP contribution is -2.59. The lowest BCUT2D eigenvalue weighted by atomic mass is 9.90. The van der Waals surface area contributed by atoms with Crippen LogP contribution < -0.4 is 69.5 Å². The van der Waals surface area contributed by atoms with Crippen LogP contribution in [0.25, 0.3) is 0 Å².